The minimum atomic E-state index is -0.299. The first-order chi connectivity index (χ1) is 7.24. The molecule has 1 N–H and O–H groups in total. The van der Waals surface area contributed by atoms with Gasteiger partial charge in [-0.25, -0.2) is 4.39 Å². The van der Waals surface area contributed by atoms with Crippen LogP contribution in [0.25, 0.3) is 0 Å². The molecule has 5 heteroatoms. The molecule has 15 heavy (non-hydrogen) atoms. The second kappa shape index (κ2) is 4.23. The lowest BCUT2D eigenvalue weighted by molar-refractivity contribution is 0.0426. The molecular weight excluding hydrogens is 219 g/mol. The highest BCUT2D eigenvalue weighted by atomic mass is 35.5. The standard InChI is InChI=1S/C10H8ClFN2O/c11-10-7-14(6-5-13-10)15-9-3-1-8(12)2-4-9/h1-7,13H. The SMILES string of the molecule is Fc1ccc(ON2C=CNC(Cl)=C2)cc1. The maximum atomic E-state index is 12.6. The molecule has 0 aliphatic carbocycles. The van der Waals surface area contributed by atoms with Crippen LogP contribution in [0.15, 0.2) is 48.0 Å². The lowest BCUT2D eigenvalue weighted by Gasteiger charge is -2.19. The highest BCUT2D eigenvalue weighted by Gasteiger charge is 2.04. The summed E-state index contributed by atoms with van der Waals surface area (Å²) in [5, 5.41) is 4.64. The second-order valence-corrected chi connectivity index (χ2v) is 3.25. The van der Waals surface area contributed by atoms with E-state index in [9.17, 15) is 4.39 Å². The lowest BCUT2D eigenvalue weighted by atomic mass is 10.3. The summed E-state index contributed by atoms with van der Waals surface area (Å²) < 4.78 is 12.6. The summed E-state index contributed by atoms with van der Waals surface area (Å²) in [4.78, 5) is 5.36. The maximum Gasteiger partial charge on any atom is 0.156 e. The predicted molar refractivity (Wildman–Crippen MR) is 55.1 cm³/mol. The Balaban J connectivity index is 2.05. The van der Waals surface area contributed by atoms with Crippen molar-refractivity contribution in [3.63, 3.8) is 0 Å². The molecule has 0 atom stereocenters. The zero-order chi connectivity index (χ0) is 10.7. The third kappa shape index (κ3) is 2.63. The van der Waals surface area contributed by atoms with Crippen LogP contribution >= 0.6 is 11.6 Å². The summed E-state index contributed by atoms with van der Waals surface area (Å²) in [6, 6.07) is 5.72. The van der Waals surface area contributed by atoms with Gasteiger partial charge in [-0.05, 0) is 24.3 Å². The van der Waals surface area contributed by atoms with Gasteiger partial charge < -0.3 is 10.2 Å². The Morgan fingerprint density at radius 1 is 1.27 bits per heavy atom. The number of hydrogen-bond acceptors (Lipinski definition) is 3. The van der Waals surface area contributed by atoms with Gasteiger partial charge >= 0.3 is 0 Å². The van der Waals surface area contributed by atoms with Gasteiger partial charge in [0.05, 0.1) is 12.4 Å². The summed E-state index contributed by atoms with van der Waals surface area (Å²) in [7, 11) is 0. The van der Waals surface area contributed by atoms with Gasteiger partial charge in [-0.15, -0.1) is 0 Å². The first-order valence-corrected chi connectivity index (χ1v) is 4.64. The number of benzene rings is 1. The number of nitrogens with one attached hydrogen (secondary N) is 1. The van der Waals surface area contributed by atoms with E-state index >= 15 is 0 Å². The van der Waals surface area contributed by atoms with Gasteiger partial charge in [-0.1, -0.05) is 11.6 Å². The van der Waals surface area contributed by atoms with E-state index in [4.69, 9.17) is 16.4 Å². The molecule has 1 aromatic carbocycles. The Labute approximate surface area is 91.4 Å². The molecule has 0 aromatic heterocycles. The molecular formula is C10H8ClFN2O. The van der Waals surface area contributed by atoms with Gasteiger partial charge in [0.2, 0.25) is 0 Å². The Bertz CT molecular complexity index is 402. The van der Waals surface area contributed by atoms with Gasteiger partial charge in [0.15, 0.2) is 5.75 Å². The Morgan fingerprint density at radius 3 is 2.67 bits per heavy atom. The molecule has 1 aromatic rings. The third-order valence-electron chi connectivity index (χ3n) is 1.71. The summed E-state index contributed by atoms with van der Waals surface area (Å²) in [6.45, 7) is 0. The number of rotatable bonds is 2. The largest absolute Gasteiger partial charge is 0.376 e. The van der Waals surface area contributed by atoms with E-state index in [1.54, 1.807) is 18.6 Å². The van der Waals surface area contributed by atoms with E-state index in [1.807, 2.05) is 0 Å². The zero-order valence-corrected chi connectivity index (χ0v) is 8.41. The topological polar surface area (TPSA) is 24.5 Å². The first-order valence-electron chi connectivity index (χ1n) is 4.26. The van der Waals surface area contributed by atoms with Crippen molar-refractivity contribution in [3.05, 3.63) is 53.8 Å². The molecule has 0 saturated heterocycles. The van der Waals surface area contributed by atoms with Crippen molar-refractivity contribution in [2.75, 3.05) is 0 Å². The van der Waals surface area contributed by atoms with E-state index < -0.39 is 0 Å². The van der Waals surface area contributed by atoms with Crippen molar-refractivity contribution in [1.29, 1.82) is 0 Å². The molecule has 1 aliphatic rings. The monoisotopic (exact) mass is 226 g/mol. The van der Waals surface area contributed by atoms with Gasteiger partial charge in [0.25, 0.3) is 0 Å². The van der Waals surface area contributed by atoms with E-state index in [1.165, 1.54) is 29.3 Å². The van der Waals surface area contributed by atoms with E-state index in [-0.39, 0.29) is 5.82 Å². The zero-order valence-electron chi connectivity index (χ0n) is 7.65. The van der Waals surface area contributed by atoms with Gasteiger partial charge in [0, 0.05) is 6.20 Å². The Morgan fingerprint density at radius 2 is 2.00 bits per heavy atom. The van der Waals surface area contributed by atoms with Gasteiger partial charge in [-0.2, -0.15) is 5.06 Å². The fraction of sp³-hybridized carbons (Fsp3) is 0. The van der Waals surface area contributed by atoms with Gasteiger partial charge in [-0.3, -0.25) is 0 Å². The third-order valence-corrected chi connectivity index (χ3v) is 1.91. The summed E-state index contributed by atoms with van der Waals surface area (Å²) in [6.07, 6.45) is 4.84. The molecule has 0 bridgehead atoms. The van der Waals surface area contributed by atoms with Crippen LogP contribution in [0.4, 0.5) is 4.39 Å². The molecule has 2 rings (SSSR count). The quantitative estimate of drug-likeness (QED) is 0.785. The minimum absolute atomic E-state index is 0.299. The van der Waals surface area contributed by atoms with Crippen molar-refractivity contribution >= 4 is 11.6 Å². The lowest BCUT2D eigenvalue weighted by Crippen LogP contribution is -2.21. The van der Waals surface area contributed by atoms with Crippen LogP contribution in [0, 0.1) is 5.82 Å². The van der Waals surface area contributed by atoms with Crippen LogP contribution in [0.2, 0.25) is 0 Å². The number of halogens is 2. The molecule has 0 unspecified atom stereocenters. The average molecular weight is 227 g/mol. The van der Waals surface area contributed by atoms with Crippen LogP contribution < -0.4 is 10.2 Å². The molecule has 1 heterocycles. The minimum Gasteiger partial charge on any atom is -0.376 e. The fourth-order valence-corrected chi connectivity index (χ4v) is 1.22. The summed E-state index contributed by atoms with van der Waals surface area (Å²) in [5.41, 5.74) is 0. The molecule has 0 radical (unpaired) electrons. The number of hydrogen-bond donors (Lipinski definition) is 1. The smallest absolute Gasteiger partial charge is 0.156 e. The van der Waals surface area contributed by atoms with Gasteiger partial charge in [0.1, 0.15) is 11.0 Å². The van der Waals surface area contributed by atoms with Crippen LogP contribution in [0.3, 0.4) is 0 Å². The van der Waals surface area contributed by atoms with Crippen LogP contribution in [-0.2, 0) is 0 Å². The summed E-state index contributed by atoms with van der Waals surface area (Å²) in [5.74, 6) is 0.232. The molecule has 0 spiro atoms. The second-order valence-electron chi connectivity index (χ2n) is 2.84. The molecule has 0 fully saturated rings. The predicted octanol–water partition coefficient (Wildman–Crippen LogP) is 2.53. The van der Waals surface area contributed by atoms with Crippen molar-refractivity contribution in [2.45, 2.75) is 0 Å². The molecule has 3 nitrogen and oxygen atoms in total. The highest BCUT2D eigenvalue weighted by Crippen LogP contribution is 2.15. The van der Waals surface area contributed by atoms with Crippen molar-refractivity contribution < 1.29 is 9.23 Å². The van der Waals surface area contributed by atoms with Crippen LogP contribution in [0.5, 0.6) is 5.75 Å². The van der Waals surface area contributed by atoms with Crippen LogP contribution in [0.1, 0.15) is 0 Å². The normalized spacial score (nSPS) is 14.5. The number of nitrogens with zero attached hydrogens (tertiary/aromatic N) is 1. The molecule has 0 saturated carbocycles. The van der Waals surface area contributed by atoms with E-state index in [2.05, 4.69) is 5.32 Å². The summed E-state index contributed by atoms with van der Waals surface area (Å²) >= 11 is 5.72. The van der Waals surface area contributed by atoms with E-state index in [0.29, 0.717) is 10.9 Å². The maximum absolute atomic E-state index is 12.6. The van der Waals surface area contributed by atoms with E-state index in [0.717, 1.165) is 0 Å². The average Bonchev–Trinajstić information content (AvgIpc) is 2.22. The molecule has 78 valence electrons. The van der Waals surface area contributed by atoms with Crippen molar-refractivity contribution in [1.82, 2.24) is 10.4 Å². The van der Waals surface area contributed by atoms with Crippen molar-refractivity contribution in [3.8, 4) is 5.75 Å². The molecule has 1 aliphatic heterocycles. The fourth-order valence-electron chi connectivity index (χ4n) is 1.06. The number of hydroxylamine groups is 2. The highest BCUT2D eigenvalue weighted by molar-refractivity contribution is 6.29. The Hall–Kier alpha value is -1.68. The first kappa shape index (κ1) is 9.86. The van der Waals surface area contributed by atoms with Crippen molar-refractivity contribution in [2.24, 2.45) is 0 Å². The Kier molecular flexibility index (Phi) is 2.78. The molecule has 0 amide bonds. The van der Waals surface area contributed by atoms with Crippen LogP contribution in [-0.4, -0.2) is 5.06 Å².